The fourth-order valence-corrected chi connectivity index (χ4v) is 4.46. The summed E-state index contributed by atoms with van der Waals surface area (Å²) in [7, 11) is 0. The number of ether oxygens (including phenoxy) is 1. The van der Waals surface area contributed by atoms with Gasteiger partial charge in [0.2, 0.25) is 5.91 Å². The Kier molecular flexibility index (Phi) is 5.34. The Balaban J connectivity index is 1.66. The number of piperidine rings is 1. The summed E-state index contributed by atoms with van der Waals surface area (Å²) in [6.45, 7) is 3.16. The van der Waals surface area contributed by atoms with E-state index in [1.807, 2.05) is 12.1 Å². The van der Waals surface area contributed by atoms with Crippen LogP contribution in [0.2, 0.25) is 0 Å². The molecular formula is C22H27N3O4. The maximum Gasteiger partial charge on any atom is 0.221 e. The van der Waals surface area contributed by atoms with E-state index >= 15 is 0 Å². The second-order valence-corrected chi connectivity index (χ2v) is 7.95. The zero-order valence-electron chi connectivity index (χ0n) is 16.5. The van der Waals surface area contributed by atoms with E-state index < -0.39 is 0 Å². The molecule has 0 radical (unpaired) electrons. The molecule has 1 aliphatic carbocycles. The average molecular weight is 397 g/mol. The lowest BCUT2D eigenvalue weighted by molar-refractivity contribution is -0.114. The van der Waals surface area contributed by atoms with E-state index in [9.17, 15) is 15.0 Å². The molecule has 2 aliphatic rings. The summed E-state index contributed by atoms with van der Waals surface area (Å²) in [4.78, 5) is 13.7. The predicted octanol–water partition coefficient (Wildman–Crippen LogP) is 2.52. The number of aromatic hydroxyl groups is 2. The van der Waals surface area contributed by atoms with E-state index in [1.165, 1.54) is 13.0 Å². The summed E-state index contributed by atoms with van der Waals surface area (Å²) in [5, 5.41) is 23.2. The lowest BCUT2D eigenvalue weighted by Crippen LogP contribution is -2.49. The quantitative estimate of drug-likeness (QED) is 0.631. The number of phenolic OH excluding ortho intramolecular Hbond substituents is 2. The largest absolute Gasteiger partial charge is 0.508 e. The number of phenols is 2. The number of hydrogen-bond donors (Lipinski definition) is 4. The van der Waals surface area contributed by atoms with E-state index in [1.54, 1.807) is 18.2 Å². The zero-order valence-corrected chi connectivity index (χ0v) is 16.5. The van der Waals surface area contributed by atoms with Crippen molar-refractivity contribution in [1.82, 2.24) is 4.90 Å². The predicted molar refractivity (Wildman–Crippen MR) is 110 cm³/mol. The molecule has 7 nitrogen and oxygen atoms in total. The molecule has 154 valence electrons. The number of hydrogen-bond acceptors (Lipinski definition) is 6. The molecule has 0 saturated carbocycles. The first-order valence-corrected chi connectivity index (χ1v) is 9.99. The highest BCUT2D eigenvalue weighted by Crippen LogP contribution is 2.44. The van der Waals surface area contributed by atoms with Gasteiger partial charge < -0.3 is 26.0 Å². The second-order valence-electron chi connectivity index (χ2n) is 7.95. The molecule has 0 spiro atoms. The van der Waals surface area contributed by atoms with Crippen LogP contribution in [-0.2, 0) is 11.2 Å². The van der Waals surface area contributed by atoms with Gasteiger partial charge in [-0.05, 0) is 44.0 Å². The topological polar surface area (TPSA) is 108 Å². The zero-order chi connectivity index (χ0) is 20.5. The molecule has 1 saturated heterocycles. The van der Waals surface area contributed by atoms with Crippen molar-refractivity contribution in [2.45, 2.75) is 44.4 Å². The Morgan fingerprint density at radius 1 is 1.28 bits per heavy atom. The molecule has 29 heavy (non-hydrogen) atoms. The third-order valence-corrected chi connectivity index (χ3v) is 5.69. The minimum Gasteiger partial charge on any atom is -0.508 e. The molecule has 1 aliphatic heterocycles. The summed E-state index contributed by atoms with van der Waals surface area (Å²) < 4.78 is 6.38. The van der Waals surface area contributed by atoms with Gasteiger partial charge >= 0.3 is 0 Å². The molecular weight excluding hydrogens is 370 g/mol. The van der Waals surface area contributed by atoms with Crippen LogP contribution < -0.4 is 15.8 Å². The van der Waals surface area contributed by atoms with Gasteiger partial charge in [0.15, 0.2) is 0 Å². The van der Waals surface area contributed by atoms with Crippen LogP contribution in [-0.4, -0.2) is 46.2 Å². The number of nitrogens with two attached hydrogens (primary N) is 1. The van der Waals surface area contributed by atoms with Gasteiger partial charge in [-0.3, -0.25) is 9.69 Å². The number of nitrogens with zero attached hydrogens (tertiary/aromatic N) is 1. The van der Waals surface area contributed by atoms with Gasteiger partial charge in [0.05, 0.1) is 6.04 Å². The summed E-state index contributed by atoms with van der Waals surface area (Å²) >= 11 is 0. The van der Waals surface area contributed by atoms with E-state index in [4.69, 9.17) is 10.5 Å². The molecule has 1 heterocycles. The maximum atomic E-state index is 11.4. The first-order chi connectivity index (χ1) is 13.9. The van der Waals surface area contributed by atoms with Crippen molar-refractivity contribution >= 4 is 11.6 Å². The van der Waals surface area contributed by atoms with Crippen LogP contribution >= 0.6 is 0 Å². The van der Waals surface area contributed by atoms with E-state index in [-0.39, 0.29) is 35.6 Å². The molecule has 7 heteroatoms. The standard InChI is InChI=1S/C22H27N3O4/c1-13(26)24-15-5-2-6-17(8-15)29-22-19-9-16(27)10-21(28)18(19)11-20(22)25-7-3-4-14(23)12-25/h2,5-6,8-10,14,20,22,27-28H,3-4,7,11-12,23H2,1H3,(H,24,26)/t14?,20?,22-/m0/s1. The lowest BCUT2D eigenvalue weighted by Gasteiger charge is -2.38. The summed E-state index contributed by atoms with van der Waals surface area (Å²) in [5.74, 6) is 0.564. The highest BCUT2D eigenvalue weighted by atomic mass is 16.5. The summed E-state index contributed by atoms with van der Waals surface area (Å²) in [6.07, 6.45) is 2.30. The first kappa shape index (κ1) is 19.5. The Morgan fingerprint density at radius 2 is 2.10 bits per heavy atom. The van der Waals surface area contributed by atoms with Gasteiger partial charge in [0.25, 0.3) is 0 Å². The maximum absolute atomic E-state index is 11.4. The monoisotopic (exact) mass is 397 g/mol. The van der Waals surface area contributed by atoms with Gasteiger partial charge in [0.1, 0.15) is 23.4 Å². The van der Waals surface area contributed by atoms with Crippen molar-refractivity contribution in [3.63, 3.8) is 0 Å². The fourth-order valence-electron chi connectivity index (χ4n) is 4.46. The molecule has 0 aromatic heterocycles. The van der Waals surface area contributed by atoms with E-state index in [0.717, 1.165) is 37.1 Å². The van der Waals surface area contributed by atoms with Crippen LogP contribution in [0.1, 0.15) is 37.0 Å². The molecule has 4 rings (SSSR count). The van der Waals surface area contributed by atoms with Gasteiger partial charge in [0, 0.05) is 48.5 Å². The minimum atomic E-state index is -0.360. The molecule has 1 amide bonds. The number of anilines is 1. The van der Waals surface area contributed by atoms with Crippen LogP contribution in [0, 0.1) is 0 Å². The van der Waals surface area contributed by atoms with Crippen LogP contribution in [0.15, 0.2) is 36.4 Å². The number of carbonyl (C=O) groups is 1. The van der Waals surface area contributed by atoms with Crippen molar-refractivity contribution in [3.05, 3.63) is 47.5 Å². The summed E-state index contributed by atoms with van der Waals surface area (Å²) in [6, 6.07) is 10.4. The Bertz CT molecular complexity index is 917. The van der Waals surface area contributed by atoms with E-state index in [0.29, 0.717) is 17.9 Å². The molecule has 0 bridgehead atoms. The summed E-state index contributed by atoms with van der Waals surface area (Å²) in [5.41, 5.74) is 8.45. The third kappa shape index (κ3) is 4.16. The third-order valence-electron chi connectivity index (χ3n) is 5.69. The molecule has 5 N–H and O–H groups in total. The number of fused-ring (bicyclic) bond motifs is 1. The Labute approximate surface area is 170 Å². The molecule has 3 atom stereocenters. The number of rotatable bonds is 4. The highest BCUT2D eigenvalue weighted by Gasteiger charge is 2.41. The lowest BCUT2D eigenvalue weighted by atomic mass is 10.0. The Morgan fingerprint density at radius 3 is 2.86 bits per heavy atom. The molecule has 2 aromatic carbocycles. The van der Waals surface area contributed by atoms with Gasteiger partial charge in [-0.2, -0.15) is 0 Å². The number of carbonyl (C=O) groups excluding carboxylic acids is 1. The van der Waals surface area contributed by atoms with Gasteiger partial charge in [-0.25, -0.2) is 0 Å². The number of benzene rings is 2. The van der Waals surface area contributed by atoms with Gasteiger partial charge in [-0.1, -0.05) is 6.07 Å². The van der Waals surface area contributed by atoms with Crippen molar-refractivity contribution in [3.8, 4) is 17.2 Å². The SMILES string of the molecule is CC(=O)Nc1cccc(O[C@H]2c3cc(O)cc(O)c3CC2N2CCCC(N)C2)c1. The second kappa shape index (κ2) is 7.93. The van der Waals surface area contributed by atoms with E-state index in [2.05, 4.69) is 10.2 Å². The van der Waals surface area contributed by atoms with Crippen molar-refractivity contribution in [1.29, 1.82) is 0 Å². The fraction of sp³-hybridized carbons (Fsp3) is 0.409. The van der Waals surface area contributed by atoms with Gasteiger partial charge in [-0.15, -0.1) is 0 Å². The van der Waals surface area contributed by atoms with Crippen LogP contribution in [0.25, 0.3) is 0 Å². The van der Waals surface area contributed by atoms with Crippen LogP contribution in [0.3, 0.4) is 0 Å². The molecule has 1 fully saturated rings. The average Bonchev–Trinajstić information content (AvgIpc) is 3.00. The first-order valence-electron chi connectivity index (χ1n) is 9.99. The normalized spacial score (nSPS) is 24.1. The highest BCUT2D eigenvalue weighted by molar-refractivity contribution is 5.88. The van der Waals surface area contributed by atoms with Crippen molar-refractivity contribution in [2.24, 2.45) is 5.73 Å². The van der Waals surface area contributed by atoms with Crippen molar-refractivity contribution < 1.29 is 19.7 Å². The number of likely N-dealkylation sites (tertiary alicyclic amines) is 1. The van der Waals surface area contributed by atoms with Crippen LogP contribution in [0.5, 0.6) is 17.2 Å². The minimum absolute atomic E-state index is 0.00784. The molecule has 2 unspecified atom stereocenters. The van der Waals surface area contributed by atoms with Crippen LogP contribution in [0.4, 0.5) is 5.69 Å². The molecule has 2 aromatic rings. The number of nitrogens with one attached hydrogen (secondary N) is 1. The van der Waals surface area contributed by atoms with Crippen molar-refractivity contribution in [2.75, 3.05) is 18.4 Å². The smallest absolute Gasteiger partial charge is 0.221 e. The Hall–Kier alpha value is -2.77. The number of amides is 1.